The van der Waals surface area contributed by atoms with Crippen LogP contribution >= 0.6 is 0 Å². The van der Waals surface area contributed by atoms with Gasteiger partial charge in [-0.25, -0.2) is 0 Å². The van der Waals surface area contributed by atoms with Gasteiger partial charge in [0.2, 0.25) is 5.91 Å². The first-order chi connectivity index (χ1) is 11.6. The Bertz CT molecular complexity index is 537. The zero-order chi connectivity index (χ0) is 16.9. The highest BCUT2D eigenvalue weighted by atomic mass is 16.5. The fourth-order valence-corrected chi connectivity index (χ4v) is 3.81. The number of hydrogen-bond donors (Lipinski definition) is 1. The largest absolute Gasteiger partial charge is 0.361 e. The molecule has 6 nitrogen and oxygen atoms in total. The number of amides is 1. The first-order valence-electron chi connectivity index (χ1n) is 9.26. The molecule has 2 heterocycles. The summed E-state index contributed by atoms with van der Waals surface area (Å²) in [5, 5.41) is 7.31. The van der Waals surface area contributed by atoms with E-state index in [2.05, 4.69) is 27.2 Å². The molecular weight excluding hydrogens is 304 g/mol. The van der Waals surface area contributed by atoms with Gasteiger partial charge in [0.15, 0.2) is 0 Å². The molecule has 134 valence electrons. The summed E-state index contributed by atoms with van der Waals surface area (Å²) in [4.78, 5) is 16.9. The lowest BCUT2D eigenvalue weighted by atomic mass is 9.86. The average molecular weight is 334 g/mol. The van der Waals surface area contributed by atoms with E-state index in [-0.39, 0.29) is 5.91 Å². The van der Waals surface area contributed by atoms with Crippen LogP contribution in [-0.4, -0.2) is 59.6 Å². The lowest BCUT2D eigenvalue weighted by Gasteiger charge is -2.35. The first-order valence-corrected chi connectivity index (χ1v) is 9.26. The molecule has 1 aliphatic carbocycles. The van der Waals surface area contributed by atoms with Crippen molar-refractivity contribution in [3.8, 4) is 0 Å². The molecule has 1 saturated heterocycles. The summed E-state index contributed by atoms with van der Waals surface area (Å²) >= 11 is 0. The van der Waals surface area contributed by atoms with E-state index in [1.807, 2.05) is 13.0 Å². The van der Waals surface area contributed by atoms with Crippen molar-refractivity contribution >= 4 is 5.91 Å². The van der Waals surface area contributed by atoms with Crippen LogP contribution in [0.25, 0.3) is 0 Å². The van der Waals surface area contributed by atoms with Gasteiger partial charge in [0.1, 0.15) is 5.76 Å². The summed E-state index contributed by atoms with van der Waals surface area (Å²) < 4.78 is 5.12. The molecule has 24 heavy (non-hydrogen) atoms. The van der Waals surface area contributed by atoms with E-state index in [1.54, 1.807) is 0 Å². The van der Waals surface area contributed by atoms with Gasteiger partial charge in [-0.3, -0.25) is 14.6 Å². The summed E-state index contributed by atoms with van der Waals surface area (Å²) in [5.41, 5.74) is 0.991. The molecule has 0 aromatic carbocycles. The molecule has 1 aliphatic heterocycles. The Morgan fingerprint density at radius 2 is 1.96 bits per heavy atom. The molecule has 2 fully saturated rings. The zero-order valence-corrected chi connectivity index (χ0v) is 15.0. The Kier molecular flexibility index (Phi) is 5.89. The van der Waals surface area contributed by atoms with Crippen LogP contribution in [0.5, 0.6) is 0 Å². The van der Waals surface area contributed by atoms with E-state index in [0.717, 1.165) is 50.6 Å². The number of carbonyl (C=O) groups is 1. The molecule has 1 aromatic rings. The smallest absolute Gasteiger partial charge is 0.234 e. The Labute approximate surface area is 144 Å². The third-order valence-corrected chi connectivity index (χ3v) is 5.35. The molecule has 1 aromatic heterocycles. The van der Waals surface area contributed by atoms with Crippen molar-refractivity contribution < 1.29 is 9.32 Å². The maximum absolute atomic E-state index is 12.3. The maximum Gasteiger partial charge on any atom is 0.234 e. The molecule has 0 radical (unpaired) electrons. The molecule has 1 amide bonds. The normalized spacial score (nSPS) is 26.4. The third kappa shape index (κ3) is 4.80. The molecule has 3 rings (SSSR count). The fraction of sp³-hybridized carbons (Fsp3) is 0.778. The number of aromatic nitrogens is 1. The first kappa shape index (κ1) is 17.4. The minimum atomic E-state index is 0.189. The van der Waals surface area contributed by atoms with E-state index in [9.17, 15) is 4.79 Å². The van der Waals surface area contributed by atoms with Gasteiger partial charge in [-0.2, -0.15) is 0 Å². The minimum Gasteiger partial charge on any atom is -0.361 e. The minimum absolute atomic E-state index is 0.189. The van der Waals surface area contributed by atoms with Gasteiger partial charge in [-0.15, -0.1) is 0 Å². The molecule has 2 aliphatic rings. The third-order valence-electron chi connectivity index (χ3n) is 5.35. The number of nitrogens with zero attached hydrogens (tertiary/aromatic N) is 3. The van der Waals surface area contributed by atoms with E-state index < -0.39 is 0 Å². The second-order valence-corrected chi connectivity index (χ2v) is 7.42. The van der Waals surface area contributed by atoms with Crippen molar-refractivity contribution in [1.82, 2.24) is 20.3 Å². The van der Waals surface area contributed by atoms with Crippen molar-refractivity contribution in [2.45, 2.75) is 52.1 Å². The van der Waals surface area contributed by atoms with E-state index >= 15 is 0 Å². The number of hydrogen-bond acceptors (Lipinski definition) is 5. The maximum atomic E-state index is 12.3. The topological polar surface area (TPSA) is 61.6 Å². The lowest BCUT2D eigenvalue weighted by Crippen LogP contribution is -2.51. The monoisotopic (exact) mass is 334 g/mol. The Hall–Kier alpha value is -1.40. The molecular formula is C18H30N4O2. The van der Waals surface area contributed by atoms with Gasteiger partial charge in [0, 0.05) is 44.8 Å². The van der Waals surface area contributed by atoms with Gasteiger partial charge < -0.3 is 9.84 Å². The number of carbonyl (C=O) groups excluding carboxylic acids is 1. The van der Waals surface area contributed by atoms with Gasteiger partial charge in [-0.05, 0) is 25.7 Å². The Balaban J connectivity index is 1.37. The second kappa shape index (κ2) is 8.12. The van der Waals surface area contributed by atoms with Crippen LogP contribution in [0.4, 0.5) is 0 Å². The highest BCUT2D eigenvalue weighted by Crippen LogP contribution is 2.23. The summed E-state index contributed by atoms with van der Waals surface area (Å²) in [5.74, 6) is 1.66. The second-order valence-electron chi connectivity index (χ2n) is 7.42. The van der Waals surface area contributed by atoms with E-state index in [0.29, 0.717) is 18.5 Å². The molecule has 1 N–H and O–H groups in total. The standard InChI is InChI=1S/C18H30N4O2/c1-14-5-3-4-6-17(14)19-18(23)13-22-9-7-21(8-10-22)12-16-11-15(2)24-20-16/h11,14,17H,3-10,12-13H2,1-2H3,(H,19,23)/t14-,17-/m0/s1. The van der Waals surface area contributed by atoms with Gasteiger partial charge in [-0.1, -0.05) is 24.9 Å². The number of rotatable bonds is 5. The van der Waals surface area contributed by atoms with Crippen LogP contribution in [-0.2, 0) is 11.3 Å². The van der Waals surface area contributed by atoms with Crippen LogP contribution in [0.3, 0.4) is 0 Å². The Morgan fingerprint density at radius 1 is 1.25 bits per heavy atom. The van der Waals surface area contributed by atoms with Crippen molar-refractivity contribution in [3.63, 3.8) is 0 Å². The molecule has 0 bridgehead atoms. The van der Waals surface area contributed by atoms with E-state index in [4.69, 9.17) is 4.52 Å². The predicted molar refractivity (Wildman–Crippen MR) is 92.5 cm³/mol. The van der Waals surface area contributed by atoms with Crippen LogP contribution in [0, 0.1) is 12.8 Å². The SMILES string of the molecule is Cc1cc(CN2CCN(CC(=O)N[C@H]3CCCC[C@@H]3C)CC2)no1. The van der Waals surface area contributed by atoms with Crippen molar-refractivity contribution in [1.29, 1.82) is 0 Å². The summed E-state index contributed by atoms with van der Waals surface area (Å²) in [6.45, 7) is 9.35. The molecule has 6 heteroatoms. The number of aryl methyl sites for hydroxylation is 1. The molecule has 2 atom stereocenters. The highest BCUT2D eigenvalue weighted by molar-refractivity contribution is 5.78. The van der Waals surface area contributed by atoms with Crippen LogP contribution in [0.2, 0.25) is 0 Å². The molecule has 1 saturated carbocycles. The average Bonchev–Trinajstić information content (AvgIpc) is 2.96. The van der Waals surface area contributed by atoms with Crippen LogP contribution < -0.4 is 5.32 Å². The molecule has 0 unspecified atom stereocenters. The van der Waals surface area contributed by atoms with Crippen molar-refractivity contribution in [2.24, 2.45) is 5.92 Å². The van der Waals surface area contributed by atoms with Gasteiger partial charge >= 0.3 is 0 Å². The predicted octanol–water partition coefficient (Wildman–Crippen LogP) is 1.80. The fourth-order valence-electron chi connectivity index (χ4n) is 3.81. The van der Waals surface area contributed by atoms with Crippen molar-refractivity contribution in [3.05, 3.63) is 17.5 Å². The molecule has 0 spiro atoms. The number of nitrogens with one attached hydrogen (secondary N) is 1. The van der Waals surface area contributed by atoms with Crippen molar-refractivity contribution in [2.75, 3.05) is 32.7 Å². The Morgan fingerprint density at radius 3 is 2.62 bits per heavy atom. The summed E-state index contributed by atoms with van der Waals surface area (Å²) in [6, 6.07) is 2.37. The van der Waals surface area contributed by atoms with E-state index in [1.165, 1.54) is 19.3 Å². The lowest BCUT2D eigenvalue weighted by molar-refractivity contribution is -0.124. The van der Waals surface area contributed by atoms with Gasteiger partial charge in [0.25, 0.3) is 0 Å². The zero-order valence-electron chi connectivity index (χ0n) is 15.0. The quantitative estimate of drug-likeness (QED) is 0.890. The van der Waals surface area contributed by atoms with Crippen LogP contribution in [0.1, 0.15) is 44.1 Å². The summed E-state index contributed by atoms with van der Waals surface area (Å²) in [7, 11) is 0. The highest BCUT2D eigenvalue weighted by Gasteiger charge is 2.25. The number of piperazine rings is 1. The summed E-state index contributed by atoms with van der Waals surface area (Å²) in [6.07, 6.45) is 4.93. The van der Waals surface area contributed by atoms with Crippen LogP contribution in [0.15, 0.2) is 10.6 Å². The van der Waals surface area contributed by atoms with Gasteiger partial charge in [0.05, 0.1) is 12.2 Å².